The van der Waals surface area contributed by atoms with Gasteiger partial charge in [0.05, 0.1) is 31.5 Å². The van der Waals surface area contributed by atoms with E-state index in [4.69, 9.17) is 26.2 Å². The van der Waals surface area contributed by atoms with Gasteiger partial charge in [0.25, 0.3) is 5.91 Å². The second-order valence-electron chi connectivity index (χ2n) is 6.89. The monoisotopic (exact) mass is 411 g/mol. The van der Waals surface area contributed by atoms with Crippen molar-refractivity contribution in [2.45, 2.75) is 19.1 Å². The Balaban J connectivity index is 1.45. The van der Waals surface area contributed by atoms with Crippen molar-refractivity contribution in [3.8, 4) is 5.75 Å². The summed E-state index contributed by atoms with van der Waals surface area (Å²) in [4.78, 5) is 12.6. The number of aromatic nitrogens is 2. The smallest absolute Gasteiger partial charge is 0.255 e. The van der Waals surface area contributed by atoms with E-state index in [2.05, 4.69) is 23.6 Å². The number of methoxy groups -OCH3 is 1. The number of benzene rings is 2. The number of hydrogen-bond donors (Lipinski definition) is 1. The number of fused-ring (bicyclic) bond motifs is 1. The van der Waals surface area contributed by atoms with E-state index >= 15 is 0 Å². The van der Waals surface area contributed by atoms with E-state index in [1.165, 1.54) is 12.7 Å². The SMILES string of the molecule is COc1cc(Cl)ccc1C(=O)NC[C@H]1OCCc2cn(Cc3ccccc3)nc21. The summed E-state index contributed by atoms with van der Waals surface area (Å²) < 4.78 is 13.1. The minimum Gasteiger partial charge on any atom is -0.496 e. The first-order chi connectivity index (χ1) is 14.1. The lowest BCUT2D eigenvalue weighted by molar-refractivity contribution is 0.0383. The molecular weight excluding hydrogens is 390 g/mol. The number of nitrogens with one attached hydrogen (secondary N) is 1. The molecule has 1 aliphatic rings. The Kier molecular flexibility index (Phi) is 5.83. The van der Waals surface area contributed by atoms with Crippen LogP contribution in [0, 0.1) is 0 Å². The molecule has 1 N–H and O–H groups in total. The highest BCUT2D eigenvalue weighted by molar-refractivity contribution is 6.30. The zero-order chi connectivity index (χ0) is 20.2. The fourth-order valence-electron chi connectivity index (χ4n) is 3.47. The molecule has 150 valence electrons. The van der Waals surface area contributed by atoms with Crippen molar-refractivity contribution in [1.29, 1.82) is 0 Å². The Morgan fingerprint density at radius 2 is 2.14 bits per heavy atom. The van der Waals surface area contributed by atoms with Gasteiger partial charge in [0.1, 0.15) is 11.9 Å². The molecule has 7 heteroatoms. The second kappa shape index (κ2) is 8.68. The van der Waals surface area contributed by atoms with Crippen LogP contribution in [0.4, 0.5) is 0 Å². The molecule has 0 spiro atoms. The first kappa shape index (κ1) is 19.5. The lowest BCUT2D eigenvalue weighted by Gasteiger charge is -2.22. The predicted octanol–water partition coefficient (Wildman–Crippen LogP) is 3.64. The fourth-order valence-corrected chi connectivity index (χ4v) is 3.63. The standard InChI is InChI=1S/C22H22ClN3O3/c1-28-19-11-17(23)7-8-18(19)22(27)24-12-20-21-16(9-10-29-20)14-26(25-21)13-15-5-3-2-4-6-15/h2-8,11,14,20H,9-10,12-13H2,1H3,(H,24,27)/t20-/m1/s1. The highest BCUT2D eigenvalue weighted by Gasteiger charge is 2.26. The van der Waals surface area contributed by atoms with E-state index in [0.29, 0.717) is 36.0 Å². The summed E-state index contributed by atoms with van der Waals surface area (Å²) >= 11 is 5.97. The van der Waals surface area contributed by atoms with Crippen LogP contribution in [0.25, 0.3) is 0 Å². The molecule has 3 aromatic rings. The summed E-state index contributed by atoms with van der Waals surface area (Å²) in [6.07, 6.45) is 2.61. The van der Waals surface area contributed by atoms with Gasteiger partial charge in [-0.2, -0.15) is 5.10 Å². The van der Waals surface area contributed by atoms with Gasteiger partial charge >= 0.3 is 0 Å². The molecule has 6 nitrogen and oxygen atoms in total. The Hall–Kier alpha value is -2.83. The highest BCUT2D eigenvalue weighted by atomic mass is 35.5. The van der Waals surface area contributed by atoms with Crippen molar-refractivity contribution in [2.24, 2.45) is 0 Å². The van der Waals surface area contributed by atoms with Crippen molar-refractivity contribution in [3.05, 3.63) is 82.1 Å². The Bertz CT molecular complexity index is 1000. The van der Waals surface area contributed by atoms with Crippen LogP contribution in [-0.4, -0.2) is 35.9 Å². The van der Waals surface area contributed by atoms with Gasteiger partial charge in [-0.3, -0.25) is 9.48 Å². The van der Waals surface area contributed by atoms with Crippen molar-refractivity contribution in [1.82, 2.24) is 15.1 Å². The van der Waals surface area contributed by atoms with Crippen LogP contribution < -0.4 is 10.1 Å². The summed E-state index contributed by atoms with van der Waals surface area (Å²) in [5, 5.41) is 8.16. The Labute approximate surface area is 174 Å². The van der Waals surface area contributed by atoms with E-state index in [0.717, 1.165) is 17.7 Å². The van der Waals surface area contributed by atoms with Crippen molar-refractivity contribution in [2.75, 3.05) is 20.3 Å². The second-order valence-corrected chi connectivity index (χ2v) is 7.32. The van der Waals surface area contributed by atoms with Crippen LogP contribution in [0.5, 0.6) is 5.75 Å². The molecule has 0 aliphatic carbocycles. The van der Waals surface area contributed by atoms with E-state index in [1.807, 2.05) is 22.9 Å². The maximum Gasteiger partial charge on any atom is 0.255 e. The molecule has 2 aromatic carbocycles. The van der Waals surface area contributed by atoms with Crippen molar-refractivity contribution < 1.29 is 14.3 Å². The molecule has 0 saturated carbocycles. The van der Waals surface area contributed by atoms with Gasteiger partial charge < -0.3 is 14.8 Å². The first-order valence-corrected chi connectivity index (χ1v) is 9.85. The molecule has 0 saturated heterocycles. The normalized spacial score (nSPS) is 15.6. The molecular formula is C22H22ClN3O3. The Morgan fingerprint density at radius 1 is 1.31 bits per heavy atom. The number of carbonyl (C=O) groups is 1. The van der Waals surface area contributed by atoms with Gasteiger partial charge in [0, 0.05) is 17.8 Å². The third kappa shape index (κ3) is 4.44. The van der Waals surface area contributed by atoms with E-state index in [-0.39, 0.29) is 12.0 Å². The van der Waals surface area contributed by atoms with E-state index < -0.39 is 0 Å². The van der Waals surface area contributed by atoms with Gasteiger partial charge in [0.15, 0.2) is 0 Å². The number of rotatable bonds is 6. The lowest BCUT2D eigenvalue weighted by Crippen LogP contribution is -2.32. The summed E-state index contributed by atoms with van der Waals surface area (Å²) in [6.45, 7) is 1.64. The van der Waals surface area contributed by atoms with Gasteiger partial charge in [0.2, 0.25) is 0 Å². The molecule has 1 aliphatic heterocycles. The minimum atomic E-state index is -0.280. The van der Waals surface area contributed by atoms with E-state index in [1.54, 1.807) is 18.2 Å². The van der Waals surface area contributed by atoms with Crippen LogP contribution in [0.15, 0.2) is 54.7 Å². The molecule has 0 fully saturated rings. The number of hydrogen-bond acceptors (Lipinski definition) is 4. The third-order valence-electron chi connectivity index (χ3n) is 4.91. The highest BCUT2D eigenvalue weighted by Crippen LogP contribution is 2.27. The molecule has 29 heavy (non-hydrogen) atoms. The quantitative estimate of drug-likeness (QED) is 0.672. The maximum absolute atomic E-state index is 12.6. The molecule has 0 bridgehead atoms. The fraction of sp³-hybridized carbons (Fsp3) is 0.273. The van der Waals surface area contributed by atoms with Crippen LogP contribution >= 0.6 is 11.6 Å². The summed E-state index contributed by atoms with van der Waals surface area (Å²) in [6, 6.07) is 15.1. The zero-order valence-electron chi connectivity index (χ0n) is 16.1. The first-order valence-electron chi connectivity index (χ1n) is 9.47. The average molecular weight is 412 g/mol. The maximum atomic E-state index is 12.6. The van der Waals surface area contributed by atoms with Crippen LogP contribution in [0.3, 0.4) is 0 Å². The molecule has 2 heterocycles. The predicted molar refractivity (Wildman–Crippen MR) is 111 cm³/mol. The largest absolute Gasteiger partial charge is 0.496 e. The number of carbonyl (C=O) groups excluding carboxylic acids is 1. The topological polar surface area (TPSA) is 65.4 Å². The van der Waals surface area contributed by atoms with Gasteiger partial charge in [-0.1, -0.05) is 41.9 Å². The average Bonchev–Trinajstić information content (AvgIpc) is 3.15. The van der Waals surface area contributed by atoms with Crippen molar-refractivity contribution in [3.63, 3.8) is 0 Å². The van der Waals surface area contributed by atoms with Gasteiger partial charge in [-0.05, 0) is 35.7 Å². The molecule has 1 amide bonds. The summed E-state index contributed by atoms with van der Waals surface area (Å²) in [5.41, 5.74) is 3.67. The van der Waals surface area contributed by atoms with Crippen LogP contribution in [0.2, 0.25) is 5.02 Å². The minimum absolute atomic E-state index is 0.238. The zero-order valence-corrected chi connectivity index (χ0v) is 16.9. The third-order valence-corrected chi connectivity index (χ3v) is 5.14. The molecule has 0 radical (unpaired) electrons. The molecule has 0 unspecified atom stereocenters. The molecule has 1 atom stereocenters. The van der Waals surface area contributed by atoms with Crippen LogP contribution in [0.1, 0.15) is 33.3 Å². The number of halogens is 1. The summed E-state index contributed by atoms with van der Waals surface area (Å²) in [5.74, 6) is 0.199. The van der Waals surface area contributed by atoms with Crippen molar-refractivity contribution >= 4 is 17.5 Å². The van der Waals surface area contributed by atoms with E-state index in [9.17, 15) is 4.79 Å². The lowest BCUT2D eigenvalue weighted by atomic mass is 10.1. The Morgan fingerprint density at radius 3 is 2.93 bits per heavy atom. The molecule has 4 rings (SSSR count). The number of ether oxygens (including phenoxy) is 2. The number of amides is 1. The molecule has 1 aromatic heterocycles. The van der Waals surface area contributed by atoms with Gasteiger partial charge in [-0.15, -0.1) is 0 Å². The van der Waals surface area contributed by atoms with Crippen LogP contribution in [-0.2, 0) is 17.7 Å². The van der Waals surface area contributed by atoms with Gasteiger partial charge in [-0.25, -0.2) is 0 Å². The number of nitrogens with zero attached hydrogens (tertiary/aromatic N) is 2. The summed E-state index contributed by atoms with van der Waals surface area (Å²) in [7, 11) is 1.51.